The molecule has 2 aromatic rings. The van der Waals surface area contributed by atoms with Crippen LogP contribution in [-0.2, 0) is 27.1 Å². The number of urea groups is 1. The van der Waals surface area contributed by atoms with Gasteiger partial charge in [-0.05, 0) is 53.9 Å². The molecule has 4 rings (SSSR count). The van der Waals surface area contributed by atoms with Crippen molar-refractivity contribution in [2.45, 2.75) is 18.4 Å². The largest absolute Gasteiger partial charge is 0.398 e. The van der Waals surface area contributed by atoms with Crippen molar-refractivity contribution in [2.75, 3.05) is 25.0 Å². The van der Waals surface area contributed by atoms with Crippen molar-refractivity contribution in [1.82, 2.24) is 4.90 Å². The summed E-state index contributed by atoms with van der Waals surface area (Å²) in [6.07, 6.45) is 0. The number of hydrogen-bond donors (Lipinski definition) is 3. The Morgan fingerprint density at radius 1 is 1.12 bits per heavy atom. The van der Waals surface area contributed by atoms with Crippen LogP contribution in [0.1, 0.15) is 22.3 Å². The van der Waals surface area contributed by atoms with Gasteiger partial charge in [0.15, 0.2) is 0 Å². The predicted molar refractivity (Wildman–Crippen MR) is 126 cm³/mol. The Morgan fingerprint density at radius 2 is 1.88 bits per heavy atom. The molecular weight excluding hydrogens is 445 g/mol. The van der Waals surface area contributed by atoms with Gasteiger partial charge in [0.2, 0.25) is 0 Å². The maximum absolute atomic E-state index is 13.9. The van der Waals surface area contributed by atoms with Crippen LogP contribution in [0.2, 0.25) is 0 Å². The zero-order valence-corrected chi connectivity index (χ0v) is 18.9. The molecule has 2 heterocycles. The molecule has 0 spiro atoms. The Labute approximate surface area is 193 Å². The molecule has 0 saturated carbocycles. The highest BCUT2D eigenvalue weighted by atomic mass is 32.2. The summed E-state index contributed by atoms with van der Waals surface area (Å²) in [7, 11) is -0.906. The van der Waals surface area contributed by atoms with Crippen molar-refractivity contribution in [3.63, 3.8) is 0 Å². The second-order valence-corrected chi connectivity index (χ2v) is 9.52. The molecule has 0 radical (unpaired) electrons. The molecule has 172 valence electrons. The maximum Gasteiger partial charge on any atom is 0.322 e. The molecular formula is C23H24FN5O3S. The summed E-state index contributed by atoms with van der Waals surface area (Å²) in [5, 5.41) is 2.84. The van der Waals surface area contributed by atoms with Crippen molar-refractivity contribution in [1.29, 1.82) is 0 Å². The number of primary amides is 1. The molecule has 0 fully saturated rings. The van der Waals surface area contributed by atoms with Crippen molar-refractivity contribution >= 4 is 39.8 Å². The lowest BCUT2D eigenvalue weighted by Gasteiger charge is -2.28. The number of benzene rings is 2. The van der Waals surface area contributed by atoms with Crippen LogP contribution < -0.4 is 16.8 Å². The van der Waals surface area contributed by atoms with Crippen molar-refractivity contribution in [3.8, 4) is 0 Å². The number of nitrogens with two attached hydrogens (primary N) is 2. The second-order valence-electron chi connectivity index (χ2n) is 8.06. The normalized spacial score (nSPS) is 18.3. The highest BCUT2D eigenvalue weighted by molar-refractivity contribution is 7.83. The van der Waals surface area contributed by atoms with Crippen LogP contribution in [0, 0.1) is 12.7 Å². The van der Waals surface area contributed by atoms with Crippen LogP contribution in [0.5, 0.6) is 0 Å². The summed E-state index contributed by atoms with van der Waals surface area (Å²) in [6, 6.07) is 9.32. The molecule has 1 atom stereocenters. The number of nitrogens with one attached hydrogen (secondary N) is 1. The molecule has 8 nitrogen and oxygen atoms in total. The Morgan fingerprint density at radius 3 is 2.61 bits per heavy atom. The first-order valence-corrected chi connectivity index (χ1v) is 11.8. The fourth-order valence-corrected chi connectivity index (χ4v) is 5.34. The Hall–Kier alpha value is -3.53. The summed E-state index contributed by atoms with van der Waals surface area (Å²) < 4.78 is 25.6. The number of nitrogens with zero attached hydrogens (tertiary/aromatic N) is 2. The minimum atomic E-state index is -0.906. The van der Waals surface area contributed by atoms with Crippen molar-refractivity contribution < 1.29 is 18.2 Å². The van der Waals surface area contributed by atoms with E-state index >= 15 is 0 Å². The molecule has 2 aliphatic heterocycles. The quantitative estimate of drug-likeness (QED) is 0.592. The van der Waals surface area contributed by atoms with Gasteiger partial charge in [-0.15, -0.1) is 0 Å². The summed E-state index contributed by atoms with van der Waals surface area (Å²) in [5.74, 6) is -0.279. The second kappa shape index (κ2) is 9.14. The number of halogens is 1. The molecule has 0 aliphatic carbocycles. The first kappa shape index (κ1) is 22.7. The number of aliphatic imine (C=N–C) groups is 1. The number of carbonyl (C=O) groups is 2. The third kappa shape index (κ3) is 4.95. The van der Waals surface area contributed by atoms with Gasteiger partial charge >= 0.3 is 6.03 Å². The molecule has 3 amide bonds. The van der Waals surface area contributed by atoms with Gasteiger partial charge in [0, 0.05) is 40.1 Å². The van der Waals surface area contributed by atoms with E-state index in [9.17, 15) is 18.2 Å². The van der Waals surface area contributed by atoms with E-state index in [4.69, 9.17) is 11.5 Å². The van der Waals surface area contributed by atoms with Crippen LogP contribution in [-0.4, -0.2) is 46.4 Å². The molecule has 2 aliphatic rings. The van der Waals surface area contributed by atoms with Gasteiger partial charge in [0.1, 0.15) is 5.82 Å². The minimum absolute atomic E-state index is 0.0118. The average Bonchev–Trinajstić information content (AvgIpc) is 3.12. The molecule has 10 heteroatoms. The number of hydrogen-bond acceptors (Lipinski definition) is 5. The molecule has 0 saturated heterocycles. The predicted octanol–water partition coefficient (Wildman–Crippen LogP) is 2.04. The minimum Gasteiger partial charge on any atom is -0.398 e. The summed E-state index contributed by atoms with van der Waals surface area (Å²) in [6.45, 7) is 2.34. The van der Waals surface area contributed by atoms with Gasteiger partial charge < -0.3 is 21.7 Å². The highest BCUT2D eigenvalue weighted by Crippen LogP contribution is 2.26. The summed E-state index contributed by atoms with van der Waals surface area (Å²) in [4.78, 5) is 31.0. The smallest absolute Gasteiger partial charge is 0.322 e. The van der Waals surface area contributed by atoms with Gasteiger partial charge in [0.25, 0.3) is 5.91 Å². The summed E-state index contributed by atoms with van der Waals surface area (Å²) in [5.41, 5.74) is 15.6. The molecule has 1 unspecified atom stereocenters. The van der Waals surface area contributed by atoms with Gasteiger partial charge in [-0.3, -0.25) is 14.0 Å². The zero-order chi connectivity index (χ0) is 23.7. The van der Waals surface area contributed by atoms with E-state index in [0.717, 1.165) is 11.1 Å². The highest BCUT2D eigenvalue weighted by Gasteiger charge is 2.26. The molecule has 5 N–H and O–H groups in total. The number of carbonyl (C=O) groups excluding carboxylic acids is 2. The number of aryl methyl sites for hydroxylation is 1. The number of anilines is 1. The molecule has 0 aromatic heterocycles. The Kier molecular flexibility index (Phi) is 6.28. The van der Waals surface area contributed by atoms with Gasteiger partial charge in [0.05, 0.1) is 30.1 Å². The maximum atomic E-state index is 13.9. The van der Waals surface area contributed by atoms with Crippen molar-refractivity contribution in [3.05, 3.63) is 70.0 Å². The number of rotatable bonds is 4. The standard InChI is InChI=1S/C23H24FN5O3S/c1-13-6-15(8-17(24)7-13)21(25)20(22(26)30)19-10-29(5-4-27-19)23(31)28-18-3-2-14-11-33(32)12-16(14)9-18/h2-3,6-9H,4-5,10-12,25H2,1H3,(H2,26,30)(H,28,31). The number of fused-ring (bicyclic) bond motifs is 1. The van der Waals surface area contributed by atoms with Crippen LogP contribution in [0.4, 0.5) is 14.9 Å². The van der Waals surface area contributed by atoms with E-state index in [1.165, 1.54) is 17.0 Å². The van der Waals surface area contributed by atoms with Crippen LogP contribution in [0.25, 0.3) is 5.70 Å². The van der Waals surface area contributed by atoms with Crippen molar-refractivity contribution in [2.24, 2.45) is 16.5 Å². The van der Waals surface area contributed by atoms with Gasteiger partial charge in [-0.25, -0.2) is 9.18 Å². The summed E-state index contributed by atoms with van der Waals surface area (Å²) >= 11 is 0. The third-order valence-electron chi connectivity index (χ3n) is 5.55. The van der Waals surface area contributed by atoms with E-state index in [1.807, 2.05) is 12.1 Å². The fourth-order valence-electron chi connectivity index (χ4n) is 3.99. The first-order chi connectivity index (χ1) is 15.7. The topological polar surface area (TPSA) is 131 Å². The third-order valence-corrected chi connectivity index (χ3v) is 6.81. The number of amides is 3. The van der Waals surface area contributed by atoms with E-state index in [-0.39, 0.29) is 36.1 Å². The fraction of sp³-hybridized carbons (Fsp3) is 0.261. The van der Waals surface area contributed by atoms with E-state index < -0.39 is 22.5 Å². The van der Waals surface area contributed by atoms with E-state index in [0.29, 0.717) is 34.9 Å². The van der Waals surface area contributed by atoms with Crippen LogP contribution in [0.15, 0.2) is 47.0 Å². The average molecular weight is 470 g/mol. The lowest BCUT2D eigenvalue weighted by Crippen LogP contribution is -2.45. The van der Waals surface area contributed by atoms with Crippen LogP contribution >= 0.6 is 0 Å². The first-order valence-electron chi connectivity index (χ1n) is 10.3. The lowest BCUT2D eigenvalue weighted by atomic mass is 9.99. The van der Waals surface area contributed by atoms with Gasteiger partial charge in [-0.1, -0.05) is 6.07 Å². The zero-order valence-electron chi connectivity index (χ0n) is 18.1. The van der Waals surface area contributed by atoms with E-state index in [1.54, 1.807) is 19.1 Å². The molecule has 0 bridgehead atoms. The van der Waals surface area contributed by atoms with Crippen LogP contribution in [0.3, 0.4) is 0 Å². The van der Waals surface area contributed by atoms with Gasteiger partial charge in [-0.2, -0.15) is 0 Å². The Bertz CT molecular complexity index is 1220. The Balaban J connectivity index is 1.54. The van der Waals surface area contributed by atoms with E-state index in [2.05, 4.69) is 10.3 Å². The molecule has 33 heavy (non-hydrogen) atoms. The monoisotopic (exact) mass is 469 g/mol. The SMILES string of the molecule is Cc1cc(F)cc(C(N)=C(C(N)=O)C2=NCCN(C(=O)Nc3ccc4c(c3)CS(=O)C4)C2)c1. The lowest BCUT2D eigenvalue weighted by molar-refractivity contribution is -0.114. The molecule has 2 aromatic carbocycles.